The van der Waals surface area contributed by atoms with Crippen LogP contribution in [0.2, 0.25) is 0 Å². The van der Waals surface area contributed by atoms with Crippen LogP contribution in [0, 0.1) is 0 Å². The predicted octanol–water partition coefficient (Wildman–Crippen LogP) is -2.59. The Morgan fingerprint density at radius 1 is 1.00 bits per heavy atom. The van der Waals surface area contributed by atoms with Gasteiger partial charge in [0.2, 0.25) is 12.2 Å². The molecule has 0 unspecified atom stereocenters. The molecule has 0 spiro atoms. The van der Waals surface area contributed by atoms with Crippen molar-refractivity contribution in [2.75, 3.05) is 13.3 Å². The molecule has 13 nitrogen and oxygen atoms in total. The van der Waals surface area contributed by atoms with Gasteiger partial charge >= 0.3 is 23.2 Å². The molecule has 1 amide bonds. The fourth-order valence-electron chi connectivity index (χ4n) is 1.58. The Balaban J connectivity index is 3.34. The van der Waals surface area contributed by atoms with Gasteiger partial charge < -0.3 is 10.1 Å². The molecule has 0 aromatic carbocycles. The minimum absolute atomic E-state index is 0.376. The Morgan fingerprint density at radius 3 is 1.92 bits per heavy atom. The first-order valence-electron chi connectivity index (χ1n) is 6.46. The van der Waals surface area contributed by atoms with Crippen LogP contribution < -0.4 is 22.4 Å². The zero-order chi connectivity index (χ0) is 18.8. The number of carbonyl (C=O) groups excluding carboxylic acids is 3. The van der Waals surface area contributed by atoms with Gasteiger partial charge in [-0.1, -0.05) is 0 Å². The molecule has 0 bridgehead atoms. The van der Waals surface area contributed by atoms with Crippen LogP contribution in [0.3, 0.4) is 0 Å². The van der Waals surface area contributed by atoms with Gasteiger partial charge in [0, 0.05) is 0 Å². The zero-order valence-electron chi connectivity index (χ0n) is 12.5. The Kier molecular flexibility index (Phi) is 7.38. The quantitative estimate of drug-likeness (QED) is 0.393. The fourth-order valence-corrected chi connectivity index (χ4v) is 1.58. The van der Waals surface area contributed by atoms with Gasteiger partial charge in [-0.2, -0.15) is 9.98 Å². The van der Waals surface area contributed by atoms with Crippen molar-refractivity contribution in [1.29, 1.82) is 0 Å². The first-order valence-corrected chi connectivity index (χ1v) is 6.46. The molecule has 0 atom stereocenters. The van der Waals surface area contributed by atoms with Crippen molar-refractivity contribution < 1.29 is 23.5 Å². The van der Waals surface area contributed by atoms with Crippen LogP contribution >= 0.6 is 0 Å². The number of rotatable bonds is 8. The Morgan fingerprint density at radius 2 is 1.48 bits per heavy atom. The molecule has 0 saturated carbocycles. The van der Waals surface area contributed by atoms with E-state index in [0.717, 1.165) is 12.2 Å². The molecule has 134 valence electrons. The molecular weight excluding hydrogens is 347 g/mol. The van der Waals surface area contributed by atoms with E-state index in [2.05, 4.69) is 14.7 Å². The monoisotopic (exact) mass is 358 g/mol. The summed E-state index contributed by atoms with van der Waals surface area (Å²) in [4.78, 5) is 74.0. The Bertz CT molecular complexity index is 845. The molecule has 0 fully saturated rings. The maximum atomic E-state index is 12.1. The van der Waals surface area contributed by atoms with Gasteiger partial charge in [-0.25, -0.2) is 46.9 Å². The smallest absolute Gasteiger partial charge is 0.408 e. The summed E-state index contributed by atoms with van der Waals surface area (Å²) < 4.78 is 17.4. The van der Waals surface area contributed by atoms with Crippen molar-refractivity contribution in [2.45, 2.75) is 20.0 Å². The van der Waals surface area contributed by atoms with Gasteiger partial charge in [-0.05, 0) is 0 Å². The molecule has 0 aliphatic rings. The number of isocyanates is 2. The van der Waals surface area contributed by atoms with Crippen LogP contribution in [-0.4, -0.2) is 45.2 Å². The van der Waals surface area contributed by atoms with Gasteiger partial charge in [-0.3, -0.25) is 0 Å². The summed E-state index contributed by atoms with van der Waals surface area (Å²) in [5.41, 5.74) is -3.60. The van der Waals surface area contributed by atoms with E-state index in [1.54, 1.807) is 0 Å². The topological polar surface area (TPSA) is 163 Å². The first-order chi connectivity index (χ1) is 12.0. The van der Waals surface area contributed by atoms with E-state index < -0.39 is 56.5 Å². The lowest BCUT2D eigenvalue weighted by Crippen LogP contribution is -2.55. The largest absolute Gasteiger partial charge is 0.447 e. The predicted molar refractivity (Wildman–Crippen MR) is 75.9 cm³/mol. The number of ether oxygens (including phenoxy) is 1. The molecule has 14 heteroatoms. The minimum Gasteiger partial charge on any atom is -0.447 e. The fraction of sp³-hybridized carbons (Fsp3) is 0.455. The molecule has 1 aromatic rings. The van der Waals surface area contributed by atoms with E-state index >= 15 is 0 Å². The third kappa shape index (κ3) is 4.92. The summed E-state index contributed by atoms with van der Waals surface area (Å²) in [6, 6.07) is 0. The second-order valence-corrected chi connectivity index (χ2v) is 4.07. The maximum absolute atomic E-state index is 12.1. The number of halogens is 1. The van der Waals surface area contributed by atoms with E-state index in [9.17, 15) is 33.2 Å². The summed E-state index contributed by atoms with van der Waals surface area (Å²) >= 11 is 0. The molecule has 0 radical (unpaired) electrons. The first kappa shape index (κ1) is 19.4. The normalized spacial score (nSPS) is 9.64. The maximum Gasteiger partial charge on any atom is 0.408 e. The number of alkyl carbamates (subject to hydrolysis) is 1. The van der Waals surface area contributed by atoms with Crippen LogP contribution in [0.15, 0.2) is 24.4 Å². The van der Waals surface area contributed by atoms with E-state index in [0.29, 0.717) is 13.7 Å². The zero-order valence-corrected chi connectivity index (χ0v) is 12.5. The van der Waals surface area contributed by atoms with Crippen LogP contribution in [0.4, 0.5) is 9.18 Å². The van der Waals surface area contributed by atoms with E-state index in [4.69, 9.17) is 0 Å². The highest BCUT2D eigenvalue weighted by atomic mass is 19.1. The third-order valence-electron chi connectivity index (χ3n) is 2.63. The highest BCUT2D eigenvalue weighted by Gasteiger charge is 2.15. The molecule has 1 heterocycles. The number of hydrogen-bond donors (Lipinski definition) is 1. The summed E-state index contributed by atoms with van der Waals surface area (Å²) in [6.07, 6.45) is 1.10. The number of carbonyl (C=O) groups is 1. The molecule has 1 rings (SSSR count). The Labute approximate surface area is 136 Å². The lowest BCUT2D eigenvalue weighted by Gasteiger charge is -2.11. The van der Waals surface area contributed by atoms with Gasteiger partial charge in [0.05, 0.1) is 0 Å². The average Bonchev–Trinajstić information content (AvgIpc) is 2.59. The Hall–Kier alpha value is -3.63. The van der Waals surface area contributed by atoms with Crippen molar-refractivity contribution in [2.24, 2.45) is 9.98 Å². The van der Waals surface area contributed by atoms with Crippen LogP contribution in [0.5, 0.6) is 0 Å². The average molecular weight is 358 g/mol. The van der Waals surface area contributed by atoms with Crippen LogP contribution in [0.1, 0.15) is 0 Å². The number of alkyl halides is 1. The number of aliphatic imine (C=N–C) groups is 2. The molecule has 0 aliphatic heterocycles. The van der Waals surface area contributed by atoms with Crippen LogP contribution in [0.25, 0.3) is 0 Å². The number of aromatic nitrogens is 3. The van der Waals surface area contributed by atoms with Gasteiger partial charge in [0.15, 0.2) is 0 Å². The second-order valence-electron chi connectivity index (χ2n) is 4.07. The van der Waals surface area contributed by atoms with Gasteiger partial charge in [-0.15, -0.1) is 0 Å². The second kappa shape index (κ2) is 9.50. The third-order valence-corrected chi connectivity index (χ3v) is 2.63. The highest BCUT2D eigenvalue weighted by Crippen LogP contribution is 1.81. The summed E-state index contributed by atoms with van der Waals surface area (Å²) in [5, 5.41) is 1.99. The number of hydrogen-bond acceptors (Lipinski definition) is 9. The molecule has 25 heavy (non-hydrogen) atoms. The molecule has 1 N–H and O–H groups in total. The van der Waals surface area contributed by atoms with E-state index in [-0.39, 0.29) is 0 Å². The number of nitrogens with zero attached hydrogens (tertiary/aromatic N) is 5. The van der Waals surface area contributed by atoms with Crippen molar-refractivity contribution in [3.05, 3.63) is 31.5 Å². The lowest BCUT2D eigenvalue weighted by atomic mass is 10.7. The van der Waals surface area contributed by atoms with E-state index in [1.807, 2.05) is 5.32 Å². The summed E-state index contributed by atoms with van der Waals surface area (Å²) in [7, 11) is 0. The minimum atomic E-state index is -1.20. The molecule has 0 saturated heterocycles. The van der Waals surface area contributed by atoms with Crippen molar-refractivity contribution in [3.8, 4) is 0 Å². The SMILES string of the molecule is O=C=NCn1c(=O)n(CN=C=O)c(=O)n(CNC(=O)OCCF)c1=O. The van der Waals surface area contributed by atoms with Crippen molar-refractivity contribution >= 4 is 18.3 Å². The standard InChI is InChI=1S/C11H11FN6O7/c12-1-2-25-8(21)15-5-18-10(23)16(3-13-6-19)9(22)17(11(18)24)4-14-7-20/h1-5H2,(H,15,21). The molecular formula is C11H11FN6O7. The summed E-state index contributed by atoms with van der Waals surface area (Å²) in [5.74, 6) is 0. The number of nitrogens with one attached hydrogen (secondary N) is 1. The van der Waals surface area contributed by atoms with Gasteiger partial charge in [0.1, 0.15) is 33.3 Å². The van der Waals surface area contributed by atoms with Gasteiger partial charge in [0.25, 0.3) is 0 Å². The molecule has 0 aliphatic carbocycles. The van der Waals surface area contributed by atoms with Crippen LogP contribution in [-0.2, 0) is 34.3 Å². The van der Waals surface area contributed by atoms with Crippen molar-refractivity contribution in [3.63, 3.8) is 0 Å². The van der Waals surface area contributed by atoms with E-state index in [1.165, 1.54) is 0 Å². The molecule has 1 aromatic heterocycles. The van der Waals surface area contributed by atoms with Crippen molar-refractivity contribution in [1.82, 2.24) is 19.0 Å². The number of amides is 1. The highest BCUT2D eigenvalue weighted by molar-refractivity contribution is 5.66. The lowest BCUT2D eigenvalue weighted by molar-refractivity contribution is 0.134. The summed E-state index contributed by atoms with van der Waals surface area (Å²) in [6.45, 7) is -3.71.